The number of likely N-dealkylation sites (N-methyl/N-ethyl adjacent to an activating group) is 2. The van der Waals surface area contributed by atoms with Crippen LogP contribution in [0, 0.1) is 10.1 Å². The van der Waals surface area contributed by atoms with Crippen molar-refractivity contribution < 1.29 is 24.7 Å². The molecule has 2 atom stereocenters. The van der Waals surface area contributed by atoms with Gasteiger partial charge in [0.05, 0.1) is 15.8 Å². The van der Waals surface area contributed by atoms with E-state index in [0.717, 1.165) is 9.80 Å². The Kier molecular flexibility index (Phi) is 5.09. The summed E-state index contributed by atoms with van der Waals surface area (Å²) in [6, 6.07) is 9.95. The fraction of sp³-hybridized carbons (Fsp3) is 0.273. The van der Waals surface area contributed by atoms with Crippen molar-refractivity contribution in [2.24, 2.45) is 0 Å². The van der Waals surface area contributed by atoms with E-state index in [2.05, 4.69) is 4.98 Å². The van der Waals surface area contributed by atoms with Crippen LogP contribution in [0.25, 0.3) is 10.9 Å². The summed E-state index contributed by atoms with van der Waals surface area (Å²) in [6.45, 7) is 0. The minimum atomic E-state index is -2.17. The van der Waals surface area contributed by atoms with Crippen LogP contribution in [-0.2, 0) is 22.4 Å². The molecule has 2 heterocycles. The number of para-hydroxylation sites is 1. The number of carbonyl (C=O) groups is 2. The topological polar surface area (TPSA) is 140 Å². The number of rotatable bonds is 5. The minimum absolute atomic E-state index is 0.0307. The zero-order valence-corrected chi connectivity index (χ0v) is 17.5. The molecule has 1 saturated heterocycles. The van der Waals surface area contributed by atoms with Gasteiger partial charge in [0.2, 0.25) is 11.6 Å². The van der Waals surface area contributed by atoms with Gasteiger partial charge in [0, 0.05) is 39.2 Å². The van der Waals surface area contributed by atoms with Crippen molar-refractivity contribution in [1.29, 1.82) is 0 Å². The van der Waals surface area contributed by atoms with E-state index >= 15 is 0 Å². The van der Waals surface area contributed by atoms with Gasteiger partial charge in [0.1, 0.15) is 11.8 Å². The van der Waals surface area contributed by atoms with Gasteiger partial charge in [-0.05, 0) is 23.3 Å². The van der Waals surface area contributed by atoms with E-state index in [1.165, 1.54) is 26.2 Å². The summed E-state index contributed by atoms with van der Waals surface area (Å²) >= 11 is 0. The van der Waals surface area contributed by atoms with Gasteiger partial charge in [-0.15, -0.1) is 0 Å². The van der Waals surface area contributed by atoms with Crippen LogP contribution in [0.2, 0.25) is 0 Å². The molecule has 1 fully saturated rings. The molecule has 166 valence electrons. The molecule has 0 spiro atoms. The second kappa shape index (κ2) is 7.65. The summed E-state index contributed by atoms with van der Waals surface area (Å²) in [4.78, 5) is 42.5. The maximum Gasteiger partial charge on any atom is 0.279 e. The summed E-state index contributed by atoms with van der Waals surface area (Å²) < 4.78 is 0. The Morgan fingerprint density at radius 2 is 1.84 bits per heavy atom. The van der Waals surface area contributed by atoms with E-state index in [0.29, 0.717) is 22.0 Å². The number of nitro groups is 1. The number of benzene rings is 2. The van der Waals surface area contributed by atoms with Crippen molar-refractivity contribution in [3.05, 3.63) is 69.9 Å². The van der Waals surface area contributed by atoms with Crippen molar-refractivity contribution in [2.75, 3.05) is 14.1 Å². The van der Waals surface area contributed by atoms with E-state index in [4.69, 9.17) is 0 Å². The van der Waals surface area contributed by atoms with Crippen molar-refractivity contribution >= 4 is 28.4 Å². The normalized spacial score (nSPS) is 21.4. The number of piperazine rings is 1. The molecular weight excluding hydrogens is 416 g/mol. The number of aromatic nitrogens is 1. The second-order valence-electron chi connectivity index (χ2n) is 7.93. The van der Waals surface area contributed by atoms with Crippen LogP contribution in [0.4, 0.5) is 5.69 Å². The highest BCUT2D eigenvalue weighted by atomic mass is 16.6. The van der Waals surface area contributed by atoms with Gasteiger partial charge in [-0.25, -0.2) is 0 Å². The lowest BCUT2D eigenvalue weighted by atomic mass is 9.92. The summed E-state index contributed by atoms with van der Waals surface area (Å²) in [6.07, 6.45) is 1.34. The Morgan fingerprint density at radius 3 is 2.53 bits per heavy atom. The first kappa shape index (κ1) is 21.3. The molecule has 32 heavy (non-hydrogen) atoms. The Hall–Kier alpha value is -3.92. The predicted octanol–water partition coefficient (Wildman–Crippen LogP) is 1.55. The van der Waals surface area contributed by atoms with Crippen molar-refractivity contribution in [3.63, 3.8) is 0 Å². The van der Waals surface area contributed by atoms with Gasteiger partial charge in [0.15, 0.2) is 0 Å². The first-order chi connectivity index (χ1) is 15.1. The number of non-ortho nitro benzene ring substituents is 1. The number of aliphatic hydroxyl groups is 1. The summed E-state index contributed by atoms with van der Waals surface area (Å²) in [5, 5.41) is 33.1. The number of phenolic OH excluding ortho intramolecular Hbond substituents is 1. The average Bonchev–Trinajstić information content (AvgIpc) is 3.19. The van der Waals surface area contributed by atoms with Gasteiger partial charge in [0.25, 0.3) is 11.6 Å². The highest BCUT2D eigenvalue weighted by molar-refractivity contribution is 5.99. The van der Waals surface area contributed by atoms with Crippen molar-refractivity contribution in [3.8, 4) is 5.75 Å². The molecule has 4 rings (SSSR count). The van der Waals surface area contributed by atoms with Crippen LogP contribution in [-0.4, -0.2) is 67.6 Å². The highest BCUT2D eigenvalue weighted by Gasteiger charge is 2.53. The van der Waals surface area contributed by atoms with E-state index in [-0.39, 0.29) is 24.3 Å². The summed E-state index contributed by atoms with van der Waals surface area (Å²) in [5.41, 5.74) is -0.879. The number of fused-ring (bicyclic) bond motifs is 1. The van der Waals surface area contributed by atoms with Crippen molar-refractivity contribution in [2.45, 2.75) is 24.6 Å². The number of amides is 2. The lowest BCUT2D eigenvalue weighted by molar-refractivity contribution is -0.383. The predicted molar refractivity (Wildman–Crippen MR) is 115 cm³/mol. The number of aromatic hydroxyl groups is 1. The Balaban J connectivity index is 1.67. The largest absolute Gasteiger partial charge is 0.508 e. The van der Waals surface area contributed by atoms with Crippen molar-refractivity contribution in [1.82, 2.24) is 14.8 Å². The van der Waals surface area contributed by atoms with Gasteiger partial charge < -0.3 is 25.0 Å². The summed E-state index contributed by atoms with van der Waals surface area (Å²) in [7, 11) is 2.74. The second-order valence-corrected chi connectivity index (χ2v) is 7.93. The quantitative estimate of drug-likeness (QED) is 0.408. The number of nitro benzene ring substituents is 1. The number of phenols is 1. The Bertz CT molecular complexity index is 1240. The first-order valence-corrected chi connectivity index (χ1v) is 9.92. The molecule has 3 N–H and O–H groups in total. The molecule has 2 amide bonds. The third kappa shape index (κ3) is 3.25. The van der Waals surface area contributed by atoms with E-state index in [9.17, 15) is 29.9 Å². The lowest BCUT2D eigenvalue weighted by Gasteiger charge is -2.47. The number of hydrogen-bond donors (Lipinski definition) is 3. The number of aromatic amines is 1. The van der Waals surface area contributed by atoms with E-state index in [1.807, 2.05) is 0 Å². The smallest absolute Gasteiger partial charge is 0.279 e. The van der Waals surface area contributed by atoms with Crippen LogP contribution in [0.15, 0.2) is 48.7 Å². The minimum Gasteiger partial charge on any atom is -0.508 e. The number of nitrogens with one attached hydrogen (secondary N) is 1. The van der Waals surface area contributed by atoms with Crippen LogP contribution in [0.5, 0.6) is 5.75 Å². The molecule has 10 nitrogen and oxygen atoms in total. The van der Waals surface area contributed by atoms with Gasteiger partial charge in [-0.1, -0.05) is 24.3 Å². The van der Waals surface area contributed by atoms with Crippen LogP contribution >= 0.6 is 0 Å². The van der Waals surface area contributed by atoms with E-state index < -0.39 is 28.5 Å². The molecular formula is C22H22N4O6. The molecule has 0 radical (unpaired) electrons. The maximum atomic E-state index is 13.2. The number of hydrogen-bond acceptors (Lipinski definition) is 6. The van der Waals surface area contributed by atoms with Crippen LogP contribution < -0.4 is 0 Å². The maximum absolute atomic E-state index is 13.2. The van der Waals surface area contributed by atoms with Crippen LogP contribution in [0.1, 0.15) is 11.1 Å². The third-order valence-electron chi connectivity index (χ3n) is 6.10. The molecule has 0 bridgehead atoms. The zero-order valence-electron chi connectivity index (χ0n) is 17.5. The number of nitrogens with zero attached hydrogens (tertiary/aromatic N) is 3. The first-order valence-electron chi connectivity index (χ1n) is 9.92. The molecule has 0 unspecified atom stereocenters. The molecule has 1 aromatic heterocycles. The Morgan fingerprint density at radius 1 is 1.12 bits per heavy atom. The Labute approximate surface area is 182 Å². The van der Waals surface area contributed by atoms with Gasteiger partial charge in [-0.2, -0.15) is 0 Å². The fourth-order valence-electron chi connectivity index (χ4n) is 4.24. The van der Waals surface area contributed by atoms with E-state index in [1.54, 1.807) is 36.5 Å². The van der Waals surface area contributed by atoms with Gasteiger partial charge in [-0.3, -0.25) is 19.7 Å². The standard InChI is InChI=1S/C22H22N4O6/c1-24-17(10-14-12-23-15-7-5-8-16(19(14)15)26(31)32)20(28)25(2)22(30,21(24)29)11-13-6-3-4-9-18(13)27/h3-9,12,17,23,27,30H,10-11H2,1-2H3/t17-,22-/m1/s1. The lowest BCUT2D eigenvalue weighted by Crippen LogP contribution is -2.70. The number of H-pyrrole nitrogens is 1. The molecule has 0 aliphatic carbocycles. The highest BCUT2D eigenvalue weighted by Crippen LogP contribution is 2.33. The molecule has 3 aromatic rings. The monoisotopic (exact) mass is 438 g/mol. The molecule has 1 aliphatic rings. The number of carbonyl (C=O) groups excluding carboxylic acids is 2. The molecule has 2 aromatic carbocycles. The molecule has 10 heteroatoms. The fourth-order valence-corrected chi connectivity index (χ4v) is 4.24. The molecule has 0 saturated carbocycles. The van der Waals surface area contributed by atoms with Gasteiger partial charge >= 0.3 is 0 Å². The van der Waals surface area contributed by atoms with Crippen LogP contribution in [0.3, 0.4) is 0 Å². The summed E-state index contributed by atoms with van der Waals surface area (Å²) in [5.74, 6) is -1.31. The SMILES string of the molecule is CN1C(=O)[C@](O)(Cc2ccccc2O)N(C)C(=O)[C@H]1Cc1c[nH]c2cccc([N+](=O)[O-])c12. The third-order valence-corrected chi connectivity index (χ3v) is 6.10. The zero-order chi connectivity index (χ0) is 23.2. The average molecular weight is 438 g/mol. The molecule has 1 aliphatic heterocycles.